The largest absolute Gasteiger partial charge is 0.468 e. The van der Waals surface area contributed by atoms with Crippen LogP contribution < -0.4 is 5.32 Å². The molecule has 3 heterocycles. The van der Waals surface area contributed by atoms with Gasteiger partial charge in [-0.3, -0.25) is 9.69 Å². The van der Waals surface area contributed by atoms with Gasteiger partial charge in [0.2, 0.25) is 0 Å². The van der Waals surface area contributed by atoms with Crippen LogP contribution in [-0.2, 0) is 0 Å². The molecule has 0 unspecified atom stereocenters. The number of amides is 1. The van der Waals surface area contributed by atoms with Crippen LogP contribution in [0.1, 0.15) is 40.8 Å². The molecule has 1 amide bonds. The standard InChI is InChI=1S/C20H22N2O3/c1-14-15-7-2-3-8-17(15)25-19(14)20(23)21-13-16(18-9-6-12-24-18)22-10-4-5-11-22/h2-3,6-9,12,16H,4-5,10-11,13H2,1H3,(H,21,23)/t16-/m1/s1. The van der Waals surface area contributed by atoms with Crippen molar-refractivity contribution in [1.29, 1.82) is 0 Å². The lowest BCUT2D eigenvalue weighted by Crippen LogP contribution is -2.36. The lowest BCUT2D eigenvalue weighted by molar-refractivity contribution is 0.0907. The second-order valence-electron chi connectivity index (χ2n) is 6.54. The molecule has 0 aliphatic carbocycles. The number of nitrogens with zero attached hydrogens (tertiary/aromatic N) is 1. The number of carbonyl (C=O) groups is 1. The third-order valence-electron chi connectivity index (χ3n) is 4.96. The summed E-state index contributed by atoms with van der Waals surface area (Å²) in [4.78, 5) is 15.0. The van der Waals surface area contributed by atoms with E-state index in [0.29, 0.717) is 12.3 Å². The molecule has 1 fully saturated rings. The Hall–Kier alpha value is -2.53. The molecule has 2 aromatic heterocycles. The van der Waals surface area contributed by atoms with Gasteiger partial charge in [-0.25, -0.2) is 0 Å². The summed E-state index contributed by atoms with van der Waals surface area (Å²) < 4.78 is 11.4. The highest BCUT2D eigenvalue weighted by Crippen LogP contribution is 2.27. The van der Waals surface area contributed by atoms with Gasteiger partial charge in [0.05, 0.1) is 12.3 Å². The topological polar surface area (TPSA) is 58.6 Å². The first-order valence-electron chi connectivity index (χ1n) is 8.78. The molecule has 4 rings (SSSR count). The number of likely N-dealkylation sites (tertiary alicyclic amines) is 1. The molecule has 25 heavy (non-hydrogen) atoms. The molecule has 0 spiro atoms. The zero-order valence-corrected chi connectivity index (χ0v) is 14.3. The number of para-hydroxylation sites is 1. The minimum atomic E-state index is -0.176. The van der Waals surface area contributed by atoms with Gasteiger partial charge in [-0.2, -0.15) is 0 Å². The van der Waals surface area contributed by atoms with Crippen LogP contribution in [0.3, 0.4) is 0 Å². The first-order chi connectivity index (χ1) is 12.2. The zero-order valence-electron chi connectivity index (χ0n) is 14.3. The summed E-state index contributed by atoms with van der Waals surface area (Å²) in [6, 6.07) is 11.6. The summed E-state index contributed by atoms with van der Waals surface area (Å²) in [5.74, 6) is 1.11. The molecule has 1 aliphatic rings. The van der Waals surface area contributed by atoms with Crippen molar-refractivity contribution in [2.24, 2.45) is 0 Å². The summed E-state index contributed by atoms with van der Waals surface area (Å²) in [6.07, 6.45) is 4.06. The normalized spacial score (nSPS) is 16.4. The minimum absolute atomic E-state index is 0.0612. The smallest absolute Gasteiger partial charge is 0.287 e. The Balaban J connectivity index is 1.52. The zero-order chi connectivity index (χ0) is 17.2. The maximum Gasteiger partial charge on any atom is 0.287 e. The molecular formula is C20H22N2O3. The number of hydrogen-bond donors (Lipinski definition) is 1. The fraction of sp³-hybridized carbons (Fsp3) is 0.350. The van der Waals surface area contributed by atoms with E-state index in [1.165, 1.54) is 12.8 Å². The molecule has 0 bridgehead atoms. The Morgan fingerprint density at radius 2 is 2.00 bits per heavy atom. The van der Waals surface area contributed by atoms with Gasteiger partial charge in [0, 0.05) is 17.5 Å². The van der Waals surface area contributed by atoms with Gasteiger partial charge in [-0.1, -0.05) is 18.2 Å². The average Bonchev–Trinajstić information content (AvgIpc) is 3.37. The van der Waals surface area contributed by atoms with Gasteiger partial charge in [-0.15, -0.1) is 0 Å². The highest BCUT2D eigenvalue weighted by molar-refractivity contribution is 5.98. The minimum Gasteiger partial charge on any atom is -0.468 e. The summed E-state index contributed by atoms with van der Waals surface area (Å²) in [5.41, 5.74) is 1.62. The predicted molar refractivity (Wildman–Crippen MR) is 95.5 cm³/mol. The van der Waals surface area contributed by atoms with Gasteiger partial charge >= 0.3 is 0 Å². The Morgan fingerprint density at radius 1 is 1.20 bits per heavy atom. The fourth-order valence-electron chi connectivity index (χ4n) is 3.60. The van der Waals surface area contributed by atoms with Crippen LogP contribution in [0.5, 0.6) is 0 Å². The first-order valence-corrected chi connectivity index (χ1v) is 8.78. The molecule has 1 atom stereocenters. The molecule has 1 N–H and O–H groups in total. The van der Waals surface area contributed by atoms with E-state index in [4.69, 9.17) is 8.83 Å². The van der Waals surface area contributed by atoms with E-state index in [-0.39, 0.29) is 11.9 Å². The fourth-order valence-corrected chi connectivity index (χ4v) is 3.60. The summed E-state index contributed by atoms with van der Waals surface area (Å²) in [7, 11) is 0. The Morgan fingerprint density at radius 3 is 2.72 bits per heavy atom. The van der Waals surface area contributed by atoms with Crippen LogP contribution in [0.2, 0.25) is 0 Å². The molecule has 1 aliphatic heterocycles. The van der Waals surface area contributed by atoms with Crippen molar-refractivity contribution >= 4 is 16.9 Å². The van der Waals surface area contributed by atoms with E-state index < -0.39 is 0 Å². The van der Waals surface area contributed by atoms with Crippen molar-refractivity contribution in [3.63, 3.8) is 0 Å². The van der Waals surface area contributed by atoms with Crippen molar-refractivity contribution < 1.29 is 13.6 Å². The second kappa shape index (κ2) is 6.76. The highest BCUT2D eigenvalue weighted by atomic mass is 16.3. The Labute approximate surface area is 146 Å². The number of aryl methyl sites for hydroxylation is 1. The van der Waals surface area contributed by atoms with Crippen LogP contribution in [0, 0.1) is 6.92 Å². The number of carbonyl (C=O) groups excluding carboxylic acids is 1. The van der Waals surface area contributed by atoms with E-state index >= 15 is 0 Å². The number of rotatable bonds is 5. The molecule has 5 nitrogen and oxygen atoms in total. The van der Waals surface area contributed by atoms with Crippen molar-refractivity contribution in [3.05, 3.63) is 59.7 Å². The van der Waals surface area contributed by atoms with Crippen LogP contribution in [-0.4, -0.2) is 30.4 Å². The number of hydrogen-bond acceptors (Lipinski definition) is 4. The number of furan rings is 2. The predicted octanol–water partition coefficient (Wildman–Crippen LogP) is 3.90. The van der Waals surface area contributed by atoms with E-state index in [1.54, 1.807) is 6.26 Å². The van der Waals surface area contributed by atoms with Crippen LogP contribution in [0.25, 0.3) is 11.0 Å². The number of nitrogens with one attached hydrogen (secondary N) is 1. The van der Waals surface area contributed by atoms with E-state index in [0.717, 1.165) is 35.4 Å². The van der Waals surface area contributed by atoms with Crippen LogP contribution in [0.4, 0.5) is 0 Å². The molecule has 1 aromatic carbocycles. The van der Waals surface area contributed by atoms with Gasteiger partial charge < -0.3 is 14.2 Å². The maximum absolute atomic E-state index is 12.7. The first kappa shape index (κ1) is 16.0. The molecular weight excluding hydrogens is 316 g/mol. The maximum atomic E-state index is 12.7. The molecule has 0 radical (unpaired) electrons. The van der Waals surface area contributed by atoms with Crippen molar-refractivity contribution in [2.75, 3.05) is 19.6 Å². The van der Waals surface area contributed by atoms with Crippen LogP contribution in [0.15, 0.2) is 51.5 Å². The SMILES string of the molecule is Cc1c(C(=O)NC[C@H](c2ccco2)N2CCCC2)oc2ccccc12. The van der Waals surface area contributed by atoms with Gasteiger partial charge in [0.25, 0.3) is 5.91 Å². The van der Waals surface area contributed by atoms with E-state index in [9.17, 15) is 4.79 Å². The van der Waals surface area contributed by atoms with E-state index in [2.05, 4.69) is 10.2 Å². The third-order valence-corrected chi connectivity index (χ3v) is 4.96. The summed E-state index contributed by atoms with van der Waals surface area (Å²) >= 11 is 0. The molecule has 5 heteroatoms. The van der Waals surface area contributed by atoms with Crippen molar-refractivity contribution in [1.82, 2.24) is 10.2 Å². The lowest BCUT2D eigenvalue weighted by atomic mass is 10.1. The number of benzene rings is 1. The highest BCUT2D eigenvalue weighted by Gasteiger charge is 2.27. The molecule has 3 aromatic rings. The average molecular weight is 338 g/mol. The van der Waals surface area contributed by atoms with Gasteiger partial charge in [0.15, 0.2) is 5.76 Å². The summed E-state index contributed by atoms with van der Waals surface area (Å²) in [5, 5.41) is 4.01. The van der Waals surface area contributed by atoms with Crippen LogP contribution >= 0.6 is 0 Å². The molecule has 1 saturated heterocycles. The summed E-state index contributed by atoms with van der Waals surface area (Å²) in [6.45, 7) is 4.49. The lowest BCUT2D eigenvalue weighted by Gasteiger charge is -2.25. The third kappa shape index (κ3) is 3.07. The number of fused-ring (bicyclic) bond motifs is 1. The van der Waals surface area contributed by atoms with Crippen molar-refractivity contribution in [2.45, 2.75) is 25.8 Å². The second-order valence-corrected chi connectivity index (χ2v) is 6.54. The Bertz CT molecular complexity index is 860. The van der Waals surface area contributed by atoms with Crippen molar-refractivity contribution in [3.8, 4) is 0 Å². The molecule has 130 valence electrons. The quantitative estimate of drug-likeness (QED) is 0.766. The Kier molecular flexibility index (Phi) is 4.32. The van der Waals surface area contributed by atoms with Gasteiger partial charge in [-0.05, 0) is 51.1 Å². The van der Waals surface area contributed by atoms with E-state index in [1.807, 2.05) is 43.3 Å². The monoisotopic (exact) mass is 338 g/mol. The van der Waals surface area contributed by atoms with Gasteiger partial charge in [0.1, 0.15) is 11.3 Å². The molecule has 0 saturated carbocycles.